The number of fused-ring (bicyclic) bond motifs is 1. The van der Waals surface area contributed by atoms with Gasteiger partial charge < -0.3 is 5.32 Å². The molecule has 4 heteroatoms. The van der Waals surface area contributed by atoms with Crippen LogP contribution in [0, 0.1) is 0 Å². The second-order valence-electron chi connectivity index (χ2n) is 4.02. The van der Waals surface area contributed by atoms with Crippen molar-refractivity contribution in [3.8, 4) is 0 Å². The summed E-state index contributed by atoms with van der Waals surface area (Å²) >= 11 is 5.77. The Balaban J connectivity index is 1.93. The van der Waals surface area contributed by atoms with Gasteiger partial charge in [0.05, 0.1) is 0 Å². The van der Waals surface area contributed by atoms with Crippen LogP contribution in [0.4, 0.5) is 11.5 Å². The summed E-state index contributed by atoms with van der Waals surface area (Å²) in [6.45, 7) is 0. The highest BCUT2D eigenvalue weighted by molar-refractivity contribution is 6.17. The third-order valence-electron chi connectivity index (χ3n) is 2.81. The smallest absolute Gasteiger partial charge is 0.138 e. The Morgan fingerprint density at radius 3 is 2.72 bits per heavy atom. The second kappa shape index (κ2) is 4.70. The molecule has 0 saturated heterocycles. The van der Waals surface area contributed by atoms with Gasteiger partial charge in [-0.2, -0.15) is 0 Å². The second-order valence-corrected chi connectivity index (χ2v) is 4.29. The summed E-state index contributed by atoms with van der Waals surface area (Å²) < 4.78 is 2.01. The highest BCUT2D eigenvalue weighted by Gasteiger charge is 2.00. The van der Waals surface area contributed by atoms with Crippen LogP contribution in [0.15, 0.2) is 54.9 Å². The van der Waals surface area contributed by atoms with E-state index in [9.17, 15) is 0 Å². The maximum absolute atomic E-state index is 5.77. The minimum atomic E-state index is 0.539. The number of pyridine rings is 1. The monoisotopic (exact) mass is 257 g/mol. The van der Waals surface area contributed by atoms with Crippen LogP contribution in [0.3, 0.4) is 0 Å². The summed E-state index contributed by atoms with van der Waals surface area (Å²) in [5.41, 5.74) is 3.07. The number of aromatic nitrogens is 2. The van der Waals surface area contributed by atoms with Gasteiger partial charge in [0.1, 0.15) is 11.5 Å². The summed E-state index contributed by atoms with van der Waals surface area (Å²) in [4.78, 5) is 4.25. The number of anilines is 2. The molecular weight excluding hydrogens is 246 g/mol. The summed E-state index contributed by atoms with van der Waals surface area (Å²) in [6, 6.07) is 14.1. The molecule has 2 heterocycles. The maximum Gasteiger partial charge on any atom is 0.138 e. The van der Waals surface area contributed by atoms with Crippen molar-refractivity contribution in [1.29, 1.82) is 0 Å². The molecule has 1 aromatic carbocycles. The molecule has 3 nitrogen and oxygen atoms in total. The van der Waals surface area contributed by atoms with Crippen LogP contribution in [-0.4, -0.2) is 9.38 Å². The number of benzene rings is 1. The topological polar surface area (TPSA) is 29.3 Å². The lowest BCUT2D eigenvalue weighted by Gasteiger charge is -2.09. The van der Waals surface area contributed by atoms with Crippen molar-refractivity contribution >= 4 is 28.8 Å². The molecule has 0 radical (unpaired) electrons. The normalized spacial score (nSPS) is 10.7. The van der Waals surface area contributed by atoms with E-state index in [1.165, 1.54) is 0 Å². The Bertz CT molecular complexity index is 658. The van der Waals surface area contributed by atoms with Crippen LogP contribution in [0.5, 0.6) is 0 Å². The summed E-state index contributed by atoms with van der Waals surface area (Å²) in [5, 5.41) is 3.36. The minimum absolute atomic E-state index is 0.539. The average molecular weight is 258 g/mol. The lowest BCUT2D eigenvalue weighted by Crippen LogP contribution is -1.97. The third kappa shape index (κ3) is 2.05. The third-order valence-corrected chi connectivity index (χ3v) is 3.12. The van der Waals surface area contributed by atoms with E-state index in [1.54, 1.807) is 6.20 Å². The molecule has 0 unspecified atom stereocenters. The highest BCUT2D eigenvalue weighted by atomic mass is 35.5. The van der Waals surface area contributed by atoms with E-state index in [2.05, 4.69) is 10.3 Å². The number of halogens is 1. The SMILES string of the molecule is ClCc1ccc(Nc2cccc3nccn23)cc1. The van der Waals surface area contributed by atoms with Gasteiger partial charge in [-0.3, -0.25) is 4.40 Å². The fourth-order valence-corrected chi connectivity index (χ4v) is 2.05. The molecular formula is C14H12ClN3. The highest BCUT2D eigenvalue weighted by Crippen LogP contribution is 2.18. The van der Waals surface area contributed by atoms with Gasteiger partial charge in [0.15, 0.2) is 0 Å². The molecule has 0 amide bonds. The number of alkyl halides is 1. The van der Waals surface area contributed by atoms with Gasteiger partial charge in [-0.25, -0.2) is 4.98 Å². The Labute approximate surface area is 110 Å². The zero-order valence-electron chi connectivity index (χ0n) is 9.68. The molecule has 0 aliphatic heterocycles. The predicted octanol–water partition coefficient (Wildman–Crippen LogP) is 3.82. The van der Waals surface area contributed by atoms with E-state index in [-0.39, 0.29) is 0 Å². The first kappa shape index (κ1) is 11.1. The first-order valence-corrected chi connectivity index (χ1v) is 6.24. The van der Waals surface area contributed by atoms with Gasteiger partial charge >= 0.3 is 0 Å². The van der Waals surface area contributed by atoms with Crippen molar-refractivity contribution in [3.05, 3.63) is 60.4 Å². The van der Waals surface area contributed by atoms with Gasteiger partial charge in [-0.1, -0.05) is 18.2 Å². The minimum Gasteiger partial charge on any atom is -0.341 e. The van der Waals surface area contributed by atoms with Crippen LogP contribution in [-0.2, 0) is 5.88 Å². The van der Waals surface area contributed by atoms with Gasteiger partial charge in [0, 0.05) is 24.0 Å². The fourth-order valence-electron chi connectivity index (χ4n) is 1.87. The van der Waals surface area contributed by atoms with Gasteiger partial charge in [0.25, 0.3) is 0 Å². The van der Waals surface area contributed by atoms with E-state index in [1.807, 2.05) is 53.1 Å². The average Bonchev–Trinajstić information content (AvgIpc) is 2.89. The molecule has 0 fully saturated rings. The number of rotatable bonds is 3. The molecule has 2 aromatic heterocycles. The van der Waals surface area contributed by atoms with Crippen molar-refractivity contribution in [2.75, 3.05) is 5.32 Å². The Morgan fingerprint density at radius 1 is 1.11 bits per heavy atom. The summed E-state index contributed by atoms with van der Waals surface area (Å²) in [6.07, 6.45) is 3.72. The number of nitrogens with zero attached hydrogens (tertiary/aromatic N) is 2. The molecule has 0 atom stereocenters. The Morgan fingerprint density at radius 2 is 1.94 bits per heavy atom. The molecule has 1 N–H and O–H groups in total. The molecule has 0 aliphatic rings. The maximum atomic E-state index is 5.77. The van der Waals surface area contributed by atoms with Crippen molar-refractivity contribution in [2.45, 2.75) is 5.88 Å². The van der Waals surface area contributed by atoms with Gasteiger partial charge in [-0.15, -0.1) is 11.6 Å². The molecule has 18 heavy (non-hydrogen) atoms. The van der Waals surface area contributed by atoms with Gasteiger partial charge in [0.2, 0.25) is 0 Å². The number of hydrogen-bond acceptors (Lipinski definition) is 2. The van der Waals surface area contributed by atoms with E-state index in [0.717, 1.165) is 22.7 Å². The fraction of sp³-hybridized carbons (Fsp3) is 0.0714. The summed E-state index contributed by atoms with van der Waals surface area (Å²) in [7, 11) is 0. The zero-order chi connectivity index (χ0) is 12.4. The zero-order valence-corrected chi connectivity index (χ0v) is 10.4. The van der Waals surface area contributed by atoms with Crippen molar-refractivity contribution in [2.24, 2.45) is 0 Å². The molecule has 3 aromatic rings. The first-order valence-electron chi connectivity index (χ1n) is 5.71. The molecule has 0 saturated carbocycles. The predicted molar refractivity (Wildman–Crippen MR) is 74.5 cm³/mol. The van der Waals surface area contributed by atoms with E-state index in [0.29, 0.717) is 5.88 Å². The van der Waals surface area contributed by atoms with E-state index < -0.39 is 0 Å². The number of hydrogen-bond donors (Lipinski definition) is 1. The van der Waals surface area contributed by atoms with Crippen LogP contribution in [0.1, 0.15) is 5.56 Å². The molecule has 0 spiro atoms. The van der Waals surface area contributed by atoms with Crippen molar-refractivity contribution < 1.29 is 0 Å². The molecule has 0 bridgehead atoms. The van der Waals surface area contributed by atoms with Crippen molar-refractivity contribution in [1.82, 2.24) is 9.38 Å². The molecule has 0 aliphatic carbocycles. The van der Waals surface area contributed by atoms with Crippen LogP contribution < -0.4 is 5.32 Å². The van der Waals surface area contributed by atoms with E-state index in [4.69, 9.17) is 11.6 Å². The van der Waals surface area contributed by atoms with Crippen LogP contribution >= 0.6 is 11.6 Å². The largest absolute Gasteiger partial charge is 0.341 e. The van der Waals surface area contributed by atoms with Crippen LogP contribution in [0.25, 0.3) is 5.65 Å². The first-order chi connectivity index (χ1) is 8.86. The van der Waals surface area contributed by atoms with E-state index >= 15 is 0 Å². The summed E-state index contributed by atoms with van der Waals surface area (Å²) in [5.74, 6) is 1.53. The Kier molecular flexibility index (Phi) is 2.90. The lowest BCUT2D eigenvalue weighted by molar-refractivity contribution is 1.18. The van der Waals surface area contributed by atoms with Crippen molar-refractivity contribution in [3.63, 3.8) is 0 Å². The molecule has 90 valence electrons. The number of nitrogens with one attached hydrogen (secondary N) is 1. The quantitative estimate of drug-likeness (QED) is 0.723. The number of imidazole rings is 1. The van der Waals surface area contributed by atoms with Crippen LogP contribution in [0.2, 0.25) is 0 Å². The lowest BCUT2D eigenvalue weighted by atomic mass is 10.2. The standard InChI is InChI=1S/C14H12ClN3/c15-10-11-4-6-12(7-5-11)17-14-3-1-2-13-16-8-9-18(13)14/h1-9,17H,10H2. The Hall–Kier alpha value is -2.00. The molecule has 3 rings (SSSR count). The van der Waals surface area contributed by atoms with Gasteiger partial charge in [-0.05, 0) is 29.8 Å².